The third-order valence-corrected chi connectivity index (χ3v) is 8.26. The van der Waals surface area contributed by atoms with Crippen molar-refractivity contribution in [1.29, 1.82) is 0 Å². The smallest absolute Gasteiger partial charge is 0.271 e. The van der Waals surface area contributed by atoms with Crippen LogP contribution in [-0.2, 0) is 16.4 Å². The van der Waals surface area contributed by atoms with Gasteiger partial charge in [0, 0.05) is 42.3 Å². The third-order valence-electron chi connectivity index (χ3n) is 5.16. The molecule has 0 aliphatic carbocycles. The molecule has 0 radical (unpaired) electrons. The predicted octanol–water partition coefficient (Wildman–Crippen LogP) is 3.32. The Hall–Kier alpha value is -2.49. The molecule has 9 heteroatoms. The molecule has 1 aromatic carbocycles. The monoisotopic (exact) mass is 443 g/mol. The minimum atomic E-state index is -3.57. The maximum Gasteiger partial charge on any atom is 0.271 e. The number of piperazine rings is 1. The molecule has 0 saturated carbocycles. The quantitative estimate of drug-likeness (QED) is 0.630. The molecular weight excluding hydrogens is 418 g/mol. The van der Waals surface area contributed by atoms with Crippen LogP contribution in [0.1, 0.15) is 11.8 Å². The molecule has 158 valence electrons. The molecule has 30 heavy (non-hydrogen) atoms. The number of likely N-dealkylation sites (N-methyl/N-ethyl adjacent to an activating group) is 1. The van der Waals surface area contributed by atoms with Crippen molar-refractivity contribution in [2.75, 3.05) is 42.8 Å². The molecule has 0 bridgehead atoms. The van der Waals surface area contributed by atoms with Crippen molar-refractivity contribution in [3.63, 3.8) is 0 Å². The molecule has 2 aromatic heterocycles. The summed E-state index contributed by atoms with van der Waals surface area (Å²) in [5, 5.41) is 8.75. The number of nitrogens with zero attached hydrogens (tertiary/aromatic N) is 4. The Labute approximate surface area is 181 Å². The van der Waals surface area contributed by atoms with Crippen LogP contribution < -0.4 is 9.62 Å². The Balaban J connectivity index is 1.44. The highest BCUT2D eigenvalue weighted by Crippen LogP contribution is 2.26. The van der Waals surface area contributed by atoms with Gasteiger partial charge in [0.2, 0.25) is 0 Å². The van der Waals surface area contributed by atoms with Crippen molar-refractivity contribution >= 4 is 32.9 Å². The molecule has 1 aliphatic heterocycles. The zero-order valence-corrected chi connectivity index (χ0v) is 18.7. The van der Waals surface area contributed by atoms with E-state index in [9.17, 15) is 8.42 Å². The van der Waals surface area contributed by atoms with Crippen molar-refractivity contribution in [1.82, 2.24) is 15.1 Å². The van der Waals surface area contributed by atoms with Crippen molar-refractivity contribution in [3.8, 4) is 11.3 Å². The molecule has 7 nitrogen and oxygen atoms in total. The summed E-state index contributed by atoms with van der Waals surface area (Å²) < 4.78 is 28.1. The average molecular weight is 444 g/mol. The van der Waals surface area contributed by atoms with Gasteiger partial charge >= 0.3 is 0 Å². The van der Waals surface area contributed by atoms with E-state index in [2.05, 4.69) is 31.8 Å². The van der Waals surface area contributed by atoms with Gasteiger partial charge in [-0.25, -0.2) is 8.42 Å². The lowest BCUT2D eigenvalue weighted by atomic mass is 10.1. The number of sulfonamides is 1. The first-order chi connectivity index (χ1) is 14.4. The molecule has 4 rings (SSSR count). The highest BCUT2D eigenvalue weighted by atomic mass is 32.2. The van der Waals surface area contributed by atoms with E-state index in [1.807, 2.05) is 37.3 Å². The molecular formula is C21H25N5O2S2. The molecule has 1 fully saturated rings. The standard InChI is InChI=1S/C21H25N5O2S2/c1-3-18-8-11-21(29-18)30(27,28)24-17-6-4-16(5-7-17)19-9-10-20(23-22-19)26-14-12-25(2)13-15-26/h4-11,24H,3,12-15H2,1-2H3. The van der Waals surface area contributed by atoms with Gasteiger partial charge in [-0.1, -0.05) is 19.1 Å². The fourth-order valence-corrected chi connectivity index (χ4v) is 5.64. The molecule has 0 atom stereocenters. The summed E-state index contributed by atoms with van der Waals surface area (Å²) in [5.41, 5.74) is 2.17. The Bertz CT molecular complexity index is 1090. The van der Waals surface area contributed by atoms with Crippen LogP contribution in [0, 0.1) is 0 Å². The third kappa shape index (κ3) is 4.63. The number of aromatic nitrogens is 2. The number of benzene rings is 1. The Morgan fingerprint density at radius 1 is 0.967 bits per heavy atom. The highest BCUT2D eigenvalue weighted by molar-refractivity contribution is 7.94. The molecule has 1 aliphatic rings. The molecule has 3 heterocycles. The minimum absolute atomic E-state index is 0.328. The van der Waals surface area contributed by atoms with Crippen LogP contribution in [0.2, 0.25) is 0 Å². The summed E-state index contributed by atoms with van der Waals surface area (Å²) in [6, 6.07) is 14.6. The number of aryl methyl sites for hydroxylation is 1. The number of hydrogen-bond donors (Lipinski definition) is 1. The topological polar surface area (TPSA) is 78.4 Å². The largest absolute Gasteiger partial charge is 0.353 e. The number of rotatable bonds is 6. The minimum Gasteiger partial charge on any atom is -0.353 e. The second-order valence-electron chi connectivity index (χ2n) is 7.32. The van der Waals surface area contributed by atoms with Gasteiger partial charge in [-0.3, -0.25) is 4.72 Å². The highest BCUT2D eigenvalue weighted by Gasteiger charge is 2.17. The van der Waals surface area contributed by atoms with Crippen molar-refractivity contribution in [3.05, 3.63) is 53.4 Å². The summed E-state index contributed by atoms with van der Waals surface area (Å²) in [6.45, 7) is 5.94. The summed E-state index contributed by atoms with van der Waals surface area (Å²) in [6.07, 6.45) is 0.823. The predicted molar refractivity (Wildman–Crippen MR) is 122 cm³/mol. The summed E-state index contributed by atoms with van der Waals surface area (Å²) in [7, 11) is -1.45. The zero-order chi connectivity index (χ0) is 21.1. The second kappa shape index (κ2) is 8.71. The lowest BCUT2D eigenvalue weighted by Gasteiger charge is -2.32. The number of thiophene rings is 1. The van der Waals surface area contributed by atoms with Crippen LogP contribution in [0.4, 0.5) is 11.5 Å². The van der Waals surface area contributed by atoms with Crippen LogP contribution >= 0.6 is 11.3 Å². The SMILES string of the molecule is CCc1ccc(S(=O)(=O)Nc2ccc(-c3ccc(N4CCN(C)CC4)nn3)cc2)s1. The number of nitrogens with one attached hydrogen (secondary N) is 1. The Morgan fingerprint density at radius 2 is 1.70 bits per heavy atom. The van der Waals surface area contributed by atoms with Gasteiger partial charge in [0.1, 0.15) is 4.21 Å². The molecule has 0 spiro atoms. The van der Waals surface area contributed by atoms with Crippen LogP contribution in [0.5, 0.6) is 0 Å². The van der Waals surface area contributed by atoms with Gasteiger partial charge in [0.25, 0.3) is 10.0 Å². The summed E-state index contributed by atoms with van der Waals surface area (Å²) in [5.74, 6) is 0.888. The lowest BCUT2D eigenvalue weighted by molar-refractivity contribution is 0.312. The van der Waals surface area contributed by atoms with E-state index in [4.69, 9.17) is 0 Å². The van der Waals surface area contributed by atoms with E-state index in [0.29, 0.717) is 9.90 Å². The van der Waals surface area contributed by atoms with Crippen LogP contribution in [0.15, 0.2) is 52.7 Å². The van der Waals surface area contributed by atoms with E-state index in [0.717, 1.165) is 54.6 Å². The van der Waals surface area contributed by atoms with Gasteiger partial charge in [0.15, 0.2) is 5.82 Å². The van der Waals surface area contributed by atoms with Crippen LogP contribution in [0.3, 0.4) is 0 Å². The summed E-state index contributed by atoms with van der Waals surface area (Å²) in [4.78, 5) is 5.59. The van der Waals surface area contributed by atoms with E-state index < -0.39 is 10.0 Å². The maximum absolute atomic E-state index is 12.6. The fourth-order valence-electron chi connectivity index (χ4n) is 3.29. The van der Waals surface area contributed by atoms with Crippen molar-refractivity contribution in [2.45, 2.75) is 17.6 Å². The van der Waals surface area contributed by atoms with Crippen molar-refractivity contribution < 1.29 is 8.42 Å². The van der Waals surface area contributed by atoms with E-state index in [1.54, 1.807) is 18.2 Å². The molecule has 1 saturated heterocycles. The zero-order valence-electron chi connectivity index (χ0n) is 17.1. The first-order valence-electron chi connectivity index (χ1n) is 9.94. The molecule has 0 unspecified atom stereocenters. The van der Waals surface area contributed by atoms with E-state index >= 15 is 0 Å². The van der Waals surface area contributed by atoms with Crippen LogP contribution in [-0.4, -0.2) is 56.7 Å². The second-order valence-corrected chi connectivity index (χ2v) is 10.4. The summed E-state index contributed by atoms with van der Waals surface area (Å²) >= 11 is 1.30. The fraction of sp³-hybridized carbons (Fsp3) is 0.333. The lowest BCUT2D eigenvalue weighted by Crippen LogP contribution is -2.44. The first kappa shape index (κ1) is 20.8. The number of hydrogen-bond acceptors (Lipinski definition) is 7. The van der Waals surface area contributed by atoms with Gasteiger partial charge in [-0.15, -0.1) is 21.5 Å². The van der Waals surface area contributed by atoms with E-state index in [-0.39, 0.29) is 0 Å². The number of anilines is 2. The Morgan fingerprint density at radius 3 is 2.30 bits per heavy atom. The molecule has 1 N–H and O–H groups in total. The normalized spacial score (nSPS) is 15.3. The first-order valence-corrected chi connectivity index (χ1v) is 12.2. The molecule has 3 aromatic rings. The van der Waals surface area contributed by atoms with Gasteiger partial charge in [-0.05, 0) is 49.9 Å². The molecule has 0 amide bonds. The van der Waals surface area contributed by atoms with E-state index in [1.165, 1.54) is 11.3 Å². The van der Waals surface area contributed by atoms with Gasteiger partial charge in [-0.2, -0.15) is 0 Å². The van der Waals surface area contributed by atoms with Gasteiger partial charge in [0.05, 0.1) is 5.69 Å². The average Bonchev–Trinajstić information content (AvgIpc) is 3.25. The van der Waals surface area contributed by atoms with Crippen molar-refractivity contribution in [2.24, 2.45) is 0 Å². The van der Waals surface area contributed by atoms with Crippen LogP contribution in [0.25, 0.3) is 11.3 Å². The Kier molecular flexibility index (Phi) is 6.03. The van der Waals surface area contributed by atoms with Gasteiger partial charge < -0.3 is 9.80 Å². The maximum atomic E-state index is 12.6.